The molecule has 0 bridgehead atoms. The van der Waals surface area contributed by atoms with Crippen LogP contribution in [0.3, 0.4) is 0 Å². The van der Waals surface area contributed by atoms with Gasteiger partial charge in [0.05, 0.1) is 25.4 Å². The molecule has 2 aromatic rings. The van der Waals surface area contributed by atoms with Gasteiger partial charge in [-0.3, -0.25) is 0 Å². The summed E-state index contributed by atoms with van der Waals surface area (Å²) in [5, 5.41) is 0.576. The van der Waals surface area contributed by atoms with Crippen LogP contribution in [0.15, 0.2) is 63.3 Å². The van der Waals surface area contributed by atoms with Gasteiger partial charge in [0, 0.05) is 11.0 Å². The number of nitrogen functional groups attached to an aromatic ring is 1. The van der Waals surface area contributed by atoms with Gasteiger partial charge in [0.2, 0.25) is 0 Å². The van der Waals surface area contributed by atoms with Crippen molar-refractivity contribution in [2.24, 2.45) is 0 Å². The van der Waals surface area contributed by atoms with E-state index in [9.17, 15) is 0 Å². The third kappa shape index (κ3) is 4.36. The minimum Gasteiger partial charge on any atom is -0.497 e. The highest BCUT2D eigenvalue weighted by molar-refractivity contribution is 9.10. The lowest BCUT2D eigenvalue weighted by Gasteiger charge is -2.11. The largest absolute Gasteiger partial charge is 0.497 e. The van der Waals surface area contributed by atoms with Crippen LogP contribution in [0.1, 0.15) is 5.56 Å². The molecule has 4 rings (SSSR count). The lowest BCUT2D eigenvalue weighted by Crippen LogP contribution is -2.09. The van der Waals surface area contributed by atoms with E-state index in [1.54, 1.807) is 20.5 Å². The fourth-order valence-electron chi connectivity index (χ4n) is 3.05. The Balaban J connectivity index is 1.63. The monoisotopic (exact) mass is 485 g/mol. The fraction of sp³-hybridized carbons (Fsp3) is 0.190. The molecule has 2 aromatic carbocycles. The van der Waals surface area contributed by atoms with Crippen molar-refractivity contribution in [1.82, 2.24) is 19.5 Å². The summed E-state index contributed by atoms with van der Waals surface area (Å²) in [5.41, 5.74) is 7.89. The number of halogens is 1. The first kappa shape index (κ1) is 20.5. The molecule has 2 heterocycles. The number of anilines is 1. The van der Waals surface area contributed by atoms with Gasteiger partial charge in [0.25, 0.3) is 0 Å². The normalized spacial score (nSPS) is 11.0. The molecule has 0 saturated carbocycles. The Labute approximate surface area is 187 Å². The molecule has 0 atom stereocenters. The molecule has 0 spiro atoms. The second kappa shape index (κ2) is 8.93. The van der Waals surface area contributed by atoms with Gasteiger partial charge in [0.1, 0.15) is 11.5 Å². The molecule has 0 aliphatic carbocycles. The van der Waals surface area contributed by atoms with E-state index >= 15 is 0 Å². The zero-order chi connectivity index (χ0) is 21.1. The maximum Gasteiger partial charge on any atom is 0.195 e. The van der Waals surface area contributed by atoms with Crippen molar-refractivity contribution in [2.45, 2.75) is 23.0 Å². The van der Waals surface area contributed by atoms with Gasteiger partial charge in [-0.2, -0.15) is 0 Å². The summed E-state index contributed by atoms with van der Waals surface area (Å²) in [5.74, 6) is 2.53. The highest BCUT2D eigenvalue weighted by Crippen LogP contribution is 2.38. The first-order valence-electron chi connectivity index (χ1n) is 9.20. The van der Waals surface area contributed by atoms with Crippen molar-refractivity contribution in [2.75, 3.05) is 20.0 Å². The number of rotatable bonds is 7. The van der Waals surface area contributed by atoms with Crippen molar-refractivity contribution in [3.05, 3.63) is 58.8 Å². The van der Waals surface area contributed by atoms with Crippen LogP contribution in [-0.2, 0) is 13.0 Å². The van der Waals surface area contributed by atoms with E-state index < -0.39 is 0 Å². The molecule has 2 aliphatic rings. The van der Waals surface area contributed by atoms with Crippen LogP contribution in [0.2, 0.25) is 0 Å². The molecule has 154 valence electrons. The van der Waals surface area contributed by atoms with E-state index in [1.807, 2.05) is 34.9 Å². The second-order valence-corrected chi connectivity index (χ2v) is 8.43. The lowest BCUT2D eigenvalue weighted by atomic mass is 10.1. The standard InChI is InChI=1S/C21H20BrN5O2S/c1-28-15-6-7-16(29-2)17(11-15)30-21-25-18-19(23)24-12-27(20(18)26-21)9-8-13-4-3-5-14(22)10-13/h3-7,10-12H,8-9,23H2,1-2H3. The Kier molecular flexibility index (Phi) is 6.10. The van der Waals surface area contributed by atoms with Crippen LogP contribution in [-0.4, -0.2) is 33.7 Å². The maximum atomic E-state index is 6.07. The number of aryl methyl sites for hydroxylation is 2. The van der Waals surface area contributed by atoms with Crippen molar-refractivity contribution < 1.29 is 9.47 Å². The van der Waals surface area contributed by atoms with Gasteiger partial charge in [-0.25, -0.2) is 15.0 Å². The van der Waals surface area contributed by atoms with Gasteiger partial charge in [-0.1, -0.05) is 28.1 Å². The van der Waals surface area contributed by atoms with Crippen LogP contribution in [0.5, 0.6) is 11.5 Å². The van der Waals surface area contributed by atoms with E-state index in [2.05, 4.69) is 38.0 Å². The van der Waals surface area contributed by atoms with Gasteiger partial charge >= 0.3 is 0 Å². The average Bonchev–Trinajstić information content (AvgIpc) is 3.18. The summed E-state index contributed by atoms with van der Waals surface area (Å²) in [6.45, 7) is 0.714. The number of ether oxygens (including phenoxy) is 2. The molecule has 0 saturated heterocycles. The van der Waals surface area contributed by atoms with Gasteiger partial charge in [-0.15, -0.1) is 0 Å². The van der Waals surface area contributed by atoms with Crippen molar-refractivity contribution >= 4 is 33.5 Å². The third-order valence-corrected chi connectivity index (χ3v) is 5.97. The number of nitrogens with zero attached hydrogens (tertiary/aromatic N) is 4. The number of nitrogens with two attached hydrogens (primary N) is 1. The van der Waals surface area contributed by atoms with Crippen LogP contribution in [0.25, 0.3) is 11.5 Å². The predicted molar refractivity (Wildman–Crippen MR) is 120 cm³/mol. The van der Waals surface area contributed by atoms with Gasteiger partial charge in [0.15, 0.2) is 22.5 Å². The number of fused-ring (bicyclic) bond motifs is 1. The predicted octanol–water partition coefficient (Wildman–Crippen LogP) is 4.53. The Morgan fingerprint density at radius 1 is 1.10 bits per heavy atom. The Bertz CT molecular complexity index is 1150. The number of aromatic nitrogens is 4. The number of imidazole rings is 1. The Hall–Kier alpha value is -2.78. The van der Waals surface area contributed by atoms with Crippen LogP contribution < -0.4 is 15.2 Å². The lowest BCUT2D eigenvalue weighted by molar-refractivity contribution is 0.394. The molecule has 2 aliphatic heterocycles. The minimum absolute atomic E-state index is 0.362. The first-order chi connectivity index (χ1) is 14.6. The topological polar surface area (TPSA) is 88.1 Å². The second-order valence-electron chi connectivity index (χ2n) is 6.50. The summed E-state index contributed by atoms with van der Waals surface area (Å²) in [7, 11) is 3.26. The van der Waals surface area contributed by atoms with E-state index in [-0.39, 0.29) is 0 Å². The highest BCUT2D eigenvalue weighted by atomic mass is 79.9. The smallest absolute Gasteiger partial charge is 0.195 e. The zero-order valence-electron chi connectivity index (χ0n) is 16.5. The summed E-state index contributed by atoms with van der Waals surface area (Å²) in [6.07, 6.45) is 2.55. The molecule has 0 aromatic heterocycles. The van der Waals surface area contributed by atoms with Crippen molar-refractivity contribution in [3.8, 4) is 23.0 Å². The van der Waals surface area contributed by atoms with Crippen molar-refractivity contribution in [3.63, 3.8) is 0 Å². The quantitative estimate of drug-likeness (QED) is 0.411. The molecule has 0 radical (unpaired) electrons. The molecule has 7 nitrogen and oxygen atoms in total. The molecule has 0 unspecified atom stereocenters. The van der Waals surface area contributed by atoms with Crippen LogP contribution in [0, 0.1) is 0 Å². The van der Waals surface area contributed by atoms with E-state index in [4.69, 9.17) is 20.2 Å². The van der Waals surface area contributed by atoms with E-state index in [0.29, 0.717) is 29.0 Å². The minimum atomic E-state index is 0.362. The van der Waals surface area contributed by atoms with E-state index in [0.717, 1.165) is 27.3 Å². The van der Waals surface area contributed by atoms with Crippen LogP contribution >= 0.6 is 27.7 Å². The number of methoxy groups -OCH3 is 2. The highest BCUT2D eigenvalue weighted by Gasteiger charge is 2.20. The van der Waals surface area contributed by atoms with E-state index in [1.165, 1.54) is 17.3 Å². The molecular weight excluding hydrogens is 466 g/mol. The maximum absolute atomic E-state index is 6.07. The summed E-state index contributed by atoms with van der Waals surface area (Å²) in [4.78, 5) is 14.5. The average molecular weight is 486 g/mol. The first-order valence-corrected chi connectivity index (χ1v) is 10.8. The zero-order valence-corrected chi connectivity index (χ0v) is 18.9. The van der Waals surface area contributed by atoms with Crippen LogP contribution in [0.4, 0.5) is 5.82 Å². The number of hydrogen-bond donors (Lipinski definition) is 1. The van der Waals surface area contributed by atoms with Crippen molar-refractivity contribution in [1.29, 1.82) is 0 Å². The molecule has 30 heavy (non-hydrogen) atoms. The summed E-state index contributed by atoms with van der Waals surface area (Å²) in [6, 6.07) is 13.8. The molecule has 0 amide bonds. The Morgan fingerprint density at radius 2 is 1.97 bits per heavy atom. The Morgan fingerprint density at radius 3 is 2.73 bits per heavy atom. The summed E-state index contributed by atoms with van der Waals surface area (Å²) < 4.78 is 13.8. The van der Waals surface area contributed by atoms with Gasteiger partial charge in [-0.05, 0) is 54.1 Å². The molecule has 0 fully saturated rings. The fourth-order valence-corrected chi connectivity index (χ4v) is 4.39. The number of benzene rings is 2. The molecule has 9 heteroatoms. The molecular formula is C21H20BrN5O2S. The third-order valence-electron chi connectivity index (χ3n) is 4.57. The van der Waals surface area contributed by atoms with Gasteiger partial charge < -0.3 is 19.8 Å². The SMILES string of the molecule is COc1ccc(OC)c(Sc2nc3c(N)ncn(CCc4cccc(Br)c4)c-3n2)c1. The number of hydrogen-bond acceptors (Lipinski definition) is 7. The summed E-state index contributed by atoms with van der Waals surface area (Å²) >= 11 is 4.91. The molecule has 2 N–H and O–H groups in total.